The summed E-state index contributed by atoms with van der Waals surface area (Å²) in [6, 6.07) is -1.88. The smallest absolute Gasteiger partial charge is 0.123 e. The molecule has 0 radical (unpaired) electrons. The maximum absolute atomic E-state index is 12.9. The summed E-state index contributed by atoms with van der Waals surface area (Å²) in [5.74, 6) is -1.10. The van der Waals surface area contributed by atoms with E-state index in [4.69, 9.17) is 5.48 Å². The molecule has 0 atom stereocenters. The van der Waals surface area contributed by atoms with Crippen molar-refractivity contribution in [3.05, 3.63) is 35.6 Å². The Hall–Kier alpha value is -0.370. The van der Waals surface area contributed by atoms with Crippen LogP contribution in [0.2, 0.25) is 0 Å². The molecule has 0 saturated heterocycles. The second-order valence-corrected chi connectivity index (χ2v) is 1.99. The van der Waals surface area contributed by atoms with Gasteiger partial charge in [0.1, 0.15) is 5.82 Å². The molecule has 9 heavy (non-hydrogen) atoms. The highest BCUT2D eigenvalue weighted by molar-refractivity contribution is 9.08. The molecular formula is C7H6BrF. The zero-order chi connectivity index (χ0) is 10.2. The third-order valence-corrected chi connectivity index (χ3v) is 1.34. The van der Waals surface area contributed by atoms with Crippen LogP contribution in [0.1, 0.15) is 11.0 Å². The van der Waals surface area contributed by atoms with Gasteiger partial charge in [-0.2, -0.15) is 0 Å². The number of hydrogen-bond donors (Lipinski definition) is 0. The van der Waals surface area contributed by atoms with E-state index in [2.05, 4.69) is 15.9 Å². The lowest BCUT2D eigenvalue weighted by molar-refractivity contribution is 0.627. The maximum Gasteiger partial charge on any atom is 0.123 e. The molecule has 0 aromatic heterocycles. The average molecular weight is 193 g/mol. The van der Waals surface area contributed by atoms with Crippen molar-refractivity contribution in [2.75, 3.05) is 0 Å². The van der Waals surface area contributed by atoms with Crippen molar-refractivity contribution in [3.63, 3.8) is 0 Å². The third-order valence-electron chi connectivity index (χ3n) is 0.780. The molecule has 1 aromatic carbocycles. The van der Waals surface area contributed by atoms with Crippen LogP contribution in [0.15, 0.2) is 24.2 Å². The minimum absolute atomic E-state index is 0.177. The second kappa shape index (κ2) is 2.97. The molecule has 0 aliphatic rings. The number of benzene rings is 1. The molecule has 0 saturated carbocycles. The van der Waals surface area contributed by atoms with Gasteiger partial charge in [0.15, 0.2) is 0 Å². The quantitative estimate of drug-likeness (QED) is 0.601. The van der Waals surface area contributed by atoms with Gasteiger partial charge in [0.2, 0.25) is 0 Å². The van der Waals surface area contributed by atoms with Crippen LogP contribution in [-0.2, 0) is 5.33 Å². The molecule has 0 aliphatic carbocycles. The Kier molecular flexibility index (Phi) is 1.04. The number of rotatable bonds is 1. The van der Waals surface area contributed by atoms with Gasteiger partial charge < -0.3 is 0 Å². The van der Waals surface area contributed by atoms with Crippen LogP contribution < -0.4 is 0 Å². The Bertz CT molecular complexity index is 324. The highest BCUT2D eigenvalue weighted by Gasteiger charge is 1.88. The molecule has 0 spiro atoms. The molecule has 0 heterocycles. The van der Waals surface area contributed by atoms with E-state index in [1.807, 2.05) is 0 Å². The van der Waals surface area contributed by atoms with Crippen LogP contribution >= 0.6 is 15.9 Å². The van der Waals surface area contributed by atoms with Crippen molar-refractivity contribution in [2.24, 2.45) is 0 Å². The van der Waals surface area contributed by atoms with Crippen LogP contribution in [0, 0.1) is 5.82 Å². The van der Waals surface area contributed by atoms with Crippen molar-refractivity contribution in [1.82, 2.24) is 0 Å². The SMILES string of the molecule is [2H]c1c([2H])c(CBr)c([2H])c([2H])c1F. The van der Waals surface area contributed by atoms with Gasteiger partial charge >= 0.3 is 0 Å². The zero-order valence-corrected chi connectivity index (χ0v) is 6.05. The van der Waals surface area contributed by atoms with E-state index in [1.165, 1.54) is 0 Å². The fourth-order valence-electron chi connectivity index (χ4n) is 0.390. The fraction of sp³-hybridized carbons (Fsp3) is 0.143. The molecular weight excluding hydrogens is 183 g/mol. The minimum atomic E-state index is -1.10. The van der Waals surface area contributed by atoms with Crippen molar-refractivity contribution >= 4 is 15.9 Å². The normalized spacial score (nSPS) is 15.8. The van der Waals surface area contributed by atoms with Crippen LogP contribution in [0.25, 0.3) is 0 Å². The molecule has 0 nitrogen and oxygen atoms in total. The Morgan fingerprint density at radius 3 is 2.44 bits per heavy atom. The van der Waals surface area contributed by atoms with Gasteiger partial charge in [-0.3, -0.25) is 0 Å². The lowest BCUT2D eigenvalue weighted by atomic mass is 10.2. The van der Waals surface area contributed by atoms with Gasteiger partial charge in [0.05, 0.1) is 5.48 Å². The van der Waals surface area contributed by atoms with Gasteiger partial charge in [0, 0.05) is 5.33 Å². The van der Waals surface area contributed by atoms with Gasteiger partial charge in [0.25, 0.3) is 0 Å². The molecule has 0 bridgehead atoms. The largest absolute Gasteiger partial charge is 0.207 e. The summed E-state index contributed by atoms with van der Waals surface area (Å²) in [6.45, 7) is 0. The first kappa shape index (κ1) is 3.15. The van der Waals surface area contributed by atoms with Crippen molar-refractivity contribution in [3.8, 4) is 0 Å². The van der Waals surface area contributed by atoms with E-state index in [1.54, 1.807) is 0 Å². The van der Waals surface area contributed by atoms with Crippen molar-refractivity contribution < 1.29 is 9.87 Å². The fourth-order valence-corrected chi connectivity index (χ4v) is 0.670. The first-order valence-electron chi connectivity index (χ1n) is 4.31. The predicted octanol–water partition coefficient (Wildman–Crippen LogP) is 2.72. The summed E-state index contributed by atoms with van der Waals surface area (Å²) in [5, 5.41) is 0.183. The number of alkyl halides is 1. The second-order valence-electron chi connectivity index (χ2n) is 1.43. The molecule has 1 aromatic rings. The monoisotopic (exact) mass is 192 g/mol. The average Bonchev–Trinajstić information content (AvgIpc) is 2.13. The first-order valence-corrected chi connectivity index (χ1v) is 3.43. The topological polar surface area (TPSA) is 0 Å². The van der Waals surface area contributed by atoms with Crippen molar-refractivity contribution in [1.29, 1.82) is 0 Å². The first-order chi connectivity index (χ1) is 6.00. The van der Waals surface area contributed by atoms with Crippen LogP contribution in [-0.4, -0.2) is 0 Å². The molecule has 48 valence electrons. The van der Waals surface area contributed by atoms with E-state index in [9.17, 15) is 4.39 Å². The summed E-state index contributed by atoms with van der Waals surface area (Å²) >= 11 is 3.02. The minimum Gasteiger partial charge on any atom is -0.207 e. The van der Waals surface area contributed by atoms with E-state index < -0.39 is 17.9 Å². The summed E-state index contributed by atoms with van der Waals surface area (Å²) < 4.78 is 41.8. The van der Waals surface area contributed by atoms with Gasteiger partial charge in [-0.15, -0.1) is 0 Å². The summed E-state index contributed by atoms with van der Waals surface area (Å²) in [6.07, 6.45) is 0. The maximum atomic E-state index is 12.9. The summed E-state index contributed by atoms with van der Waals surface area (Å²) in [4.78, 5) is 0. The molecule has 0 unspecified atom stereocenters. The summed E-state index contributed by atoms with van der Waals surface area (Å²) in [7, 11) is 0. The Labute approximate surface area is 67.4 Å². The standard InChI is InChI=1S/C7H6BrF/c8-5-6-1-3-7(9)4-2-6/h1-4H,5H2/i1D,2D,3D,4D. The molecule has 0 fully saturated rings. The zero-order valence-electron chi connectivity index (χ0n) is 8.46. The highest BCUT2D eigenvalue weighted by atomic mass is 79.9. The molecule has 1 rings (SSSR count). The third kappa shape index (κ3) is 1.79. The molecule has 0 amide bonds. The number of hydrogen-bond acceptors (Lipinski definition) is 0. The predicted molar refractivity (Wildman–Crippen MR) is 39.0 cm³/mol. The molecule has 2 heteroatoms. The van der Waals surface area contributed by atoms with E-state index in [0.29, 0.717) is 0 Å². The van der Waals surface area contributed by atoms with Crippen LogP contribution in [0.4, 0.5) is 4.39 Å². The van der Waals surface area contributed by atoms with Gasteiger partial charge in [-0.1, -0.05) is 28.0 Å². The van der Waals surface area contributed by atoms with E-state index in [-0.39, 0.29) is 23.0 Å². The van der Waals surface area contributed by atoms with Crippen molar-refractivity contribution in [2.45, 2.75) is 5.33 Å². The molecule has 0 N–H and O–H groups in total. The molecule has 0 aliphatic heterocycles. The van der Waals surface area contributed by atoms with Gasteiger partial charge in [-0.05, 0) is 17.6 Å². The summed E-state index contributed by atoms with van der Waals surface area (Å²) in [5.41, 5.74) is 0.177. The van der Waals surface area contributed by atoms with E-state index >= 15 is 0 Å². The Morgan fingerprint density at radius 1 is 1.44 bits per heavy atom. The Morgan fingerprint density at radius 2 is 2.00 bits per heavy atom. The van der Waals surface area contributed by atoms with Crippen LogP contribution in [0.3, 0.4) is 0 Å². The Balaban J connectivity index is 3.56. The van der Waals surface area contributed by atoms with E-state index in [0.717, 1.165) is 0 Å². The lowest BCUT2D eigenvalue weighted by Crippen LogP contribution is -1.76. The lowest BCUT2D eigenvalue weighted by Gasteiger charge is -1.91. The number of halogens is 2. The van der Waals surface area contributed by atoms with Crippen LogP contribution in [0.5, 0.6) is 0 Å². The van der Waals surface area contributed by atoms with Gasteiger partial charge in [-0.25, -0.2) is 4.39 Å². The highest BCUT2D eigenvalue weighted by Crippen LogP contribution is 2.05.